The minimum absolute atomic E-state index is 0.113. The number of hydrogen-bond donors (Lipinski definition) is 1. The van der Waals surface area contributed by atoms with E-state index in [4.69, 9.17) is 14.5 Å². The number of amides is 1. The minimum Gasteiger partial charge on any atom is -0.486 e. The van der Waals surface area contributed by atoms with Crippen molar-refractivity contribution in [3.8, 4) is 17.6 Å². The predicted molar refractivity (Wildman–Crippen MR) is 112 cm³/mol. The first kappa shape index (κ1) is 19.6. The number of benzene rings is 1. The Labute approximate surface area is 174 Å². The van der Waals surface area contributed by atoms with Crippen molar-refractivity contribution in [1.29, 1.82) is 5.26 Å². The number of carbonyl (C=O) groups excluding carboxylic acids is 1. The molecule has 6 nitrogen and oxygen atoms in total. The Morgan fingerprint density at radius 3 is 2.83 bits per heavy atom. The number of ether oxygens (including phenoxy) is 2. The second-order valence-corrected chi connectivity index (χ2v) is 8.32. The van der Waals surface area contributed by atoms with Gasteiger partial charge in [0.05, 0.1) is 10.8 Å². The van der Waals surface area contributed by atoms with Gasteiger partial charge in [0.1, 0.15) is 24.3 Å². The van der Waals surface area contributed by atoms with Crippen molar-refractivity contribution in [2.45, 2.75) is 49.3 Å². The molecule has 4 rings (SSSR count). The molecule has 0 saturated heterocycles. The van der Waals surface area contributed by atoms with Gasteiger partial charge >= 0.3 is 0 Å². The smallest absolute Gasteiger partial charge is 0.237 e. The van der Waals surface area contributed by atoms with Crippen LogP contribution in [0.3, 0.4) is 0 Å². The molecule has 29 heavy (non-hydrogen) atoms. The van der Waals surface area contributed by atoms with Crippen LogP contribution in [0, 0.1) is 11.3 Å². The Bertz CT molecular complexity index is 971. The zero-order valence-corrected chi connectivity index (χ0v) is 17.2. The number of thioether (sulfide) groups is 1. The van der Waals surface area contributed by atoms with Gasteiger partial charge in [-0.15, -0.1) is 0 Å². The maximum atomic E-state index is 12.9. The fourth-order valence-corrected chi connectivity index (χ4v) is 4.58. The molecule has 0 radical (unpaired) electrons. The summed E-state index contributed by atoms with van der Waals surface area (Å²) in [6.07, 6.45) is 4.81. The molecule has 0 fully saturated rings. The fourth-order valence-electron chi connectivity index (χ4n) is 3.59. The molecule has 1 amide bonds. The number of nitrogens with zero attached hydrogens (tertiary/aromatic N) is 2. The lowest BCUT2D eigenvalue weighted by Crippen LogP contribution is -2.25. The Hall–Kier alpha value is -2.72. The van der Waals surface area contributed by atoms with Gasteiger partial charge < -0.3 is 14.8 Å². The third kappa shape index (κ3) is 4.33. The Morgan fingerprint density at radius 1 is 1.24 bits per heavy atom. The third-order valence-corrected chi connectivity index (χ3v) is 6.48. The van der Waals surface area contributed by atoms with Crippen LogP contribution in [-0.4, -0.2) is 29.4 Å². The van der Waals surface area contributed by atoms with E-state index in [2.05, 4.69) is 11.4 Å². The zero-order valence-electron chi connectivity index (χ0n) is 16.4. The van der Waals surface area contributed by atoms with E-state index in [-0.39, 0.29) is 11.2 Å². The Balaban J connectivity index is 1.50. The second kappa shape index (κ2) is 8.75. The number of aromatic nitrogens is 1. The summed E-state index contributed by atoms with van der Waals surface area (Å²) < 4.78 is 11.1. The van der Waals surface area contributed by atoms with Gasteiger partial charge in [-0.1, -0.05) is 18.7 Å². The molecule has 1 aromatic carbocycles. The maximum Gasteiger partial charge on any atom is 0.237 e. The van der Waals surface area contributed by atoms with Gasteiger partial charge in [-0.2, -0.15) is 5.26 Å². The lowest BCUT2D eigenvalue weighted by Gasteiger charge is -2.20. The molecular weight excluding hydrogens is 386 g/mol. The van der Waals surface area contributed by atoms with E-state index in [1.807, 2.05) is 13.0 Å². The Morgan fingerprint density at radius 2 is 2.03 bits per heavy atom. The van der Waals surface area contributed by atoms with Gasteiger partial charge in [0.25, 0.3) is 0 Å². The van der Waals surface area contributed by atoms with Crippen molar-refractivity contribution >= 4 is 23.4 Å². The number of fused-ring (bicyclic) bond motifs is 2. The molecule has 2 aliphatic rings. The third-order valence-electron chi connectivity index (χ3n) is 5.11. The minimum atomic E-state index is -0.343. The largest absolute Gasteiger partial charge is 0.486 e. The van der Waals surface area contributed by atoms with Crippen LogP contribution in [-0.2, 0) is 17.6 Å². The van der Waals surface area contributed by atoms with Crippen LogP contribution in [0.25, 0.3) is 0 Å². The highest BCUT2D eigenvalue weighted by Crippen LogP contribution is 2.34. The van der Waals surface area contributed by atoms with E-state index < -0.39 is 0 Å². The average Bonchev–Trinajstić information content (AvgIpc) is 2.76. The summed E-state index contributed by atoms with van der Waals surface area (Å²) >= 11 is 1.37. The Kier molecular flexibility index (Phi) is 5.91. The molecule has 1 aliphatic carbocycles. The first-order valence-electron chi connectivity index (χ1n) is 9.98. The molecule has 2 heterocycles. The summed E-state index contributed by atoms with van der Waals surface area (Å²) in [5, 5.41) is 12.8. The molecule has 1 atom stereocenters. The summed E-state index contributed by atoms with van der Waals surface area (Å²) in [5.74, 6) is 1.21. The summed E-state index contributed by atoms with van der Waals surface area (Å²) in [7, 11) is 0. The van der Waals surface area contributed by atoms with Crippen LogP contribution in [0.5, 0.6) is 11.5 Å². The number of aryl methyl sites for hydroxylation is 2. The number of pyridine rings is 1. The summed E-state index contributed by atoms with van der Waals surface area (Å²) in [5.41, 5.74) is 3.46. The fraction of sp³-hybridized carbons (Fsp3) is 0.409. The number of anilines is 1. The topological polar surface area (TPSA) is 84.2 Å². The van der Waals surface area contributed by atoms with Crippen LogP contribution < -0.4 is 14.8 Å². The summed E-state index contributed by atoms with van der Waals surface area (Å²) in [4.78, 5) is 17.6. The van der Waals surface area contributed by atoms with Crippen LogP contribution >= 0.6 is 11.8 Å². The van der Waals surface area contributed by atoms with Gasteiger partial charge in [-0.05, 0) is 55.9 Å². The summed E-state index contributed by atoms with van der Waals surface area (Å²) in [6, 6.07) is 9.59. The van der Waals surface area contributed by atoms with Crippen molar-refractivity contribution in [2.75, 3.05) is 18.5 Å². The number of rotatable bonds is 5. The molecule has 0 saturated carbocycles. The van der Waals surface area contributed by atoms with Crippen LogP contribution in [0.2, 0.25) is 0 Å². The monoisotopic (exact) mass is 409 g/mol. The van der Waals surface area contributed by atoms with Crippen molar-refractivity contribution in [1.82, 2.24) is 4.98 Å². The predicted octanol–water partition coefficient (Wildman–Crippen LogP) is 4.11. The van der Waals surface area contributed by atoms with Crippen LogP contribution in [0.15, 0.2) is 29.3 Å². The van der Waals surface area contributed by atoms with E-state index in [0.717, 1.165) is 31.4 Å². The highest BCUT2D eigenvalue weighted by molar-refractivity contribution is 8.00. The molecule has 150 valence electrons. The van der Waals surface area contributed by atoms with Crippen molar-refractivity contribution in [2.24, 2.45) is 0 Å². The molecule has 2 aromatic rings. The van der Waals surface area contributed by atoms with E-state index in [0.29, 0.717) is 47.4 Å². The maximum absolute atomic E-state index is 12.9. The first-order chi connectivity index (χ1) is 14.2. The molecule has 0 spiro atoms. The molecule has 7 heteroatoms. The highest BCUT2D eigenvalue weighted by atomic mass is 32.2. The van der Waals surface area contributed by atoms with Gasteiger partial charge in [0.15, 0.2) is 11.5 Å². The molecule has 1 unspecified atom stereocenters. The van der Waals surface area contributed by atoms with E-state index in [1.165, 1.54) is 17.3 Å². The molecule has 1 N–H and O–H groups in total. The normalized spacial score (nSPS) is 15.7. The molecule has 0 bridgehead atoms. The number of hydrogen-bond acceptors (Lipinski definition) is 6. The standard InChI is InChI=1S/C22H23N3O3S/c1-2-20(21(26)24-16-7-8-18-19(12-16)28-10-9-27-18)29-22-15(13-23)11-14-5-3-4-6-17(14)25-22/h7-8,11-12,20H,2-6,9-10H2,1H3,(H,24,26). The van der Waals surface area contributed by atoms with E-state index in [9.17, 15) is 10.1 Å². The first-order valence-corrected chi connectivity index (χ1v) is 10.9. The van der Waals surface area contributed by atoms with Gasteiger partial charge in [0.2, 0.25) is 5.91 Å². The van der Waals surface area contributed by atoms with E-state index in [1.54, 1.807) is 18.2 Å². The lowest BCUT2D eigenvalue weighted by atomic mass is 9.95. The van der Waals surface area contributed by atoms with Crippen LogP contribution in [0.1, 0.15) is 43.0 Å². The van der Waals surface area contributed by atoms with Gasteiger partial charge in [-0.25, -0.2) is 4.98 Å². The van der Waals surface area contributed by atoms with Crippen molar-refractivity contribution in [3.63, 3.8) is 0 Å². The highest BCUT2D eigenvalue weighted by Gasteiger charge is 2.23. The zero-order chi connectivity index (χ0) is 20.2. The second-order valence-electron chi connectivity index (χ2n) is 7.13. The number of nitrogens with one attached hydrogen (secondary N) is 1. The number of carbonyl (C=O) groups is 1. The lowest BCUT2D eigenvalue weighted by molar-refractivity contribution is -0.115. The van der Waals surface area contributed by atoms with Crippen molar-refractivity contribution in [3.05, 3.63) is 41.1 Å². The molecule has 1 aliphatic heterocycles. The van der Waals surface area contributed by atoms with E-state index >= 15 is 0 Å². The SMILES string of the molecule is CCC(Sc1nc2c(cc1C#N)CCCC2)C(=O)Nc1ccc2c(c1)OCCO2. The summed E-state index contributed by atoms with van der Waals surface area (Å²) in [6.45, 7) is 2.99. The number of nitriles is 1. The average molecular weight is 410 g/mol. The van der Waals surface area contributed by atoms with Crippen LogP contribution in [0.4, 0.5) is 5.69 Å². The van der Waals surface area contributed by atoms with Gasteiger partial charge in [-0.3, -0.25) is 4.79 Å². The van der Waals surface area contributed by atoms with Gasteiger partial charge in [0, 0.05) is 17.4 Å². The molecule has 1 aromatic heterocycles. The molecular formula is C22H23N3O3S. The van der Waals surface area contributed by atoms with Crippen molar-refractivity contribution < 1.29 is 14.3 Å². The quantitative estimate of drug-likeness (QED) is 0.748.